The molecule has 8 nitrogen and oxygen atoms in total. The van der Waals surface area contributed by atoms with E-state index in [0.29, 0.717) is 22.9 Å². The molecule has 1 aliphatic heterocycles. The number of nitrogens with two attached hydrogens (primary N) is 1. The Balaban J connectivity index is 1.60. The fourth-order valence-corrected chi connectivity index (χ4v) is 4.67. The van der Waals surface area contributed by atoms with E-state index in [4.69, 9.17) is 17.3 Å². The highest BCUT2D eigenvalue weighted by Gasteiger charge is 2.55. The number of hydrogen-bond acceptors (Lipinski definition) is 5. The quantitative estimate of drug-likeness (QED) is 0.467. The third-order valence-electron chi connectivity index (χ3n) is 6.42. The molecule has 4 amide bonds. The average Bonchev–Trinajstić information content (AvgIpc) is 2.88. The molecule has 9 heteroatoms. The summed E-state index contributed by atoms with van der Waals surface area (Å²) in [7, 11) is 1.64. The van der Waals surface area contributed by atoms with Crippen LogP contribution in [-0.2, 0) is 16.0 Å². The molecule has 36 heavy (non-hydrogen) atoms. The molecular formula is C27H28ClN5O3. The van der Waals surface area contributed by atoms with E-state index in [1.807, 2.05) is 31.2 Å². The summed E-state index contributed by atoms with van der Waals surface area (Å²) < 4.78 is 0. The number of hydrogen-bond donors (Lipinski definition) is 2. The molecule has 4 rings (SSSR count). The number of pyridine rings is 1. The van der Waals surface area contributed by atoms with Crippen LogP contribution in [0.25, 0.3) is 0 Å². The van der Waals surface area contributed by atoms with Crippen molar-refractivity contribution in [2.45, 2.75) is 31.8 Å². The zero-order chi connectivity index (χ0) is 25.8. The van der Waals surface area contributed by atoms with E-state index in [2.05, 4.69) is 10.3 Å². The maximum Gasteiger partial charge on any atom is 0.325 e. The van der Waals surface area contributed by atoms with E-state index in [9.17, 15) is 14.4 Å². The third kappa shape index (κ3) is 5.18. The lowest BCUT2D eigenvalue weighted by Gasteiger charge is -2.46. The number of imide groups is 1. The van der Waals surface area contributed by atoms with Gasteiger partial charge in [0.05, 0.1) is 12.0 Å². The van der Waals surface area contributed by atoms with Crippen molar-refractivity contribution in [2.24, 2.45) is 5.92 Å². The van der Waals surface area contributed by atoms with Gasteiger partial charge in [0.25, 0.3) is 5.91 Å². The van der Waals surface area contributed by atoms with Crippen molar-refractivity contribution in [2.75, 3.05) is 17.7 Å². The van der Waals surface area contributed by atoms with Crippen molar-refractivity contribution in [1.82, 2.24) is 15.2 Å². The second kappa shape index (κ2) is 10.8. The van der Waals surface area contributed by atoms with Crippen LogP contribution in [0.2, 0.25) is 5.02 Å². The number of urea groups is 1. The lowest BCUT2D eigenvalue weighted by atomic mass is 9.81. The fraction of sp³-hybridized carbons (Fsp3) is 0.259. The third-order valence-corrected chi connectivity index (χ3v) is 6.65. The zero-order valence-electron chi connectivity index (χ0n) is 20.1. The molecule has 0 saturated carbocycles. The fourth-order valence-electron chi connectivity index (χ4n) is 4.47. The molecule has 1 aliphatic rings. The van der Waals surface area contributed by atoms with Crippen LogP contribution in [-0.4, -0.2) is 40.8 Å². The number of anilines is 2. The van der Waals surface area contributed by atoms with E-state index in [-0.39, 0.29) is 18.4 Å². The zero-order valence-corrected chi connectivity index (χ0v) is 20.9. The minimum absolute atomic E-state index is 0.264. The predicted octanol–water partition coefficient (Wildman–Crippen LogP) is 4.21. The summed E-state index contributed by atoms with van der Waals surface area (Å²) in [5.74, 6) is -1.14. The van der Waals surface area contributed by atoms with Crippen molar-refractivity contribution in [3.63, 3.8) is 0 Å². The lowest BCUT2D eigenvalue weighted by Crippen LogP contribution is -2.70. The summed E-state index contributed by atoms with van der Waals surface area (Å²) in [5.41, 5.74) is 8.06. The van der Waals surface area contributed by atoms with Gasteiger partial charge >= 0.3 is 6.03 Å². The Kier molecular flexibility index (Phi) is 7.55. The summed E-state index contributed by atoms with van der Waals surface area (Å²) in [4.78, 5) is 46.7. The molecule has 1 unspecified atom stereocenters. The van der Waals surface area contributed by atoms with E-state index < -0.39 is 23.9 Å². The molecular weight excluding hydrogens is 478 g/mol. The molecule has 0 radical (unpaired) electrons. The van der Waals surface area contributed by atoms with Crippen LogP contribution in [0.4, 0.5) is 16.3 Å². The molecule has 0 spiro atoms. The topological polar surface area (TPSA) is 109 Å². The lowest BCUT2D eigenvalue weighted by molar-refractivity contribution is -0.156. The Labute approximate surface area is 215 Å². The number of para-hydroxylation sites is 1. The van der Waals surface area contributed by atoms with Crippen LogP contribution >= 0.6 is 11.6 Å². The largest absolute Gasteiger partial charge is 0.384 e. The summed E-state index contributed by atoms with van der Waals surface area (Å²) in [6.45, 7) is 1.92. The maximum atomic E-state index is 13.6. The Hall–Kier alpha value is -3.91. The average molecular weight is 506 g/mol. The van der Waals surface area contributed by atoms with Crippen LogP contribution < -0.4 is 16.0 Å². The van der Waals surface area contributed by atoms with Gasteiger partial charge in [-0.1, -0.05) is 48.9 Å². The second-order valence-electron chi connectivity index (χ2n) is 8.75. The first-order valence-corrected chi connectivity index (χ1v) is 12.1. The first kappa shape index (κ1) is 25.2. The monoisotopic (exact) mass is 505 g/mol. The molecule has 1 saturated heterocycles. The van der Waals surface area contributed by atoms with Crippen molar-refractivity contribution < 1.29 is 14.4 Å². The van der Waals surface area contributed by atoms with E-state index in [0.717, 1.165) is 16.0 Å². The van der Waals surface area contributed by atoms with Gasteiger partial charge in [0, 0.05) is 24.0 Å². The Morgan fingerprint density at radius 3 is 2.56 bits per heavy atom. The van der Waals surface area contributed by atoms with Gasteiger partial charge in [0.2, 0.25) is 5.91 Å². The van der Waals surface area contributed by atoms with Gasteiger partial charge in [-0.05, 0) is 60.4 Å². The number of likely N-dealkylation sites (tertiary alicyclic amines) is 1. The van der Waals surface area contributed by atoms with Crippen LogP contribution in [0.15, 0.2) is 72.9 Å². The highest BCUT2D eigenvalue weighted by atomic mass is 35.5. The maximum absolute atomic E-state index is 13.6. The number of amides is 4. The number of nitrogens with one attached hydrogen (secondary N) is 1. The molecule has 3 atom stereocenters. The van der Waals surface area contributed by atoms with Crippen molar-refractivity contribution >= 4 is 41.0 Å². The summed E-state index contributed by atoms with van der Waals surface area (Å²) in [6.07, 6.45) is 2.40. The predicted molar refractivity (Wildman–Crippen MR) is 139 cm³/mol. The number of likely N-dealkylation sites (N-methyl/N-ethyl adjacent to an activating group) is 1. The molecule has 1 aromatic heterocycles. The number of rotatable bonds is 7. The molecule has 0 aliphatic carbocycles. The first-order chi connectivity index (χ1) is 17.3. The molecule has 3 aromatic rings. The molecule has 0 bridgehead atoms. The molecule has 186 valence electrons. The Morgan fingerprint density at radius 2 is 1.89 bits per heavy atom. The SMILES string of the molecule is CCC(NC(=O)N1C(=O)[C@H](Cc2ccnc(N)c2)[C@H]1C(=O)N(C)c1ccccc1)c1cccc(Cl)c1. The van der Waals surface area contributed by atoms with Crippen LogP contribution in [0.1, 0.15) is 30.5 Å². The van der Waals surface area contributed by atoms with Gasteiger partial charge in [-0.25, -0.2) is 9.78 Å². The minimum Gasteiger partial charge on any atom is -0.384 e. The van der Waals surface area contributed by atoms with E-state index >= 15 is 0 Å². The van der Waals surface area contributed by atoms with Crippen molar-refractivity contribution in [1.29, 1.82) is 0 Å². The van der Waals surface area contributed by atoms with Gasteiger partial charge in [0.1, 0.15) is 11.9 Å². The molecule has 3 N–H and O–H groups in total. The van der Waals surface area contributed by atoms with Gasteiger partial charge < -0.3 is 16.0 Å². The molecule has 2 heterocycles. The standard InChI is InChI=1S/C27H28ClN5O3/c1-3-22(18-8-7-9-19(28)16-18)31-27(36)33-24(26(35)32(2)20-10-5-4-6-11-20)21(25(33)34)14-17-12-13-30-23(29)15-17/h4-13,15-16,21-22,24H,3,14H2,1-2H3,(H2,29,30)(H,31,36)/t21-,22?,24+/m1/s1. The van der Waals surface area contributed by atoms with Gasteiger partial charge in [-0.3, -0.25) is 14.5 Å². The highest BCUT2D eigenvalue weighted by molar-refractivity contribution is 6.30. The summed E-state index contributed by atoms with van der Waals surface area (Å²) in [5, 5.41) is 3.46. The molecule has 2 aromatic carbocycles. The highest BCUT2D eigenvalue weighted by Crippen LogP contribution is 2.33. The van der Waals surface area contributed by atoms with Crippen LogP contribution in [0.3, 0.4) is 0 Å². The second-order valence-corrected chi connectivity index (χ2v) is 9.19. The normalized spacial score (nSPS) is 17.8. The van der Waals surface area contributed by atoms with Crippen LogP contribution in [0, 0.1) is 5.92 Å². The van der Waals surface area contributed by atoms with Crippen molar-refractivity contribution in [3.8, 4) is 0 Å². The Morgan fingerprint density at radius 1 is 1.14 bits per heavy atom. The number of nitrogen functional groups attached to an aromatic ring is 1. The van der Waals surface area contributed by atoms with Crippen LogP contribution in [0.5, 0.6) is 0 Å². The molecule has 1 fully saturated rings. The number of β-lactam (4-membered cyclic amide) rings is 1. The number of carbonyl (C=O) groups is 3. The minimum atomic E-state index is -0.964. The smallest absolute Gasteiger partial charge is 0.325 e. The van der Waals surface area contributed by atoms with Gasteiger partial charge in [-0.15, -0.1) is 0 Å². The number of halogens is 1. The summed E-state index contributed by atoms with van der Waals surface area (Å²) in [6, 6.07) is 17.8. The van der Waals surface area contributed by atoms with Crippen molar-refractivity contribution in [3.05, 3.63) is 89.1 Å². The van der Waals surface area contributed by atoms with E-state index in [1.165, 1.54) is 4.90 Å². The number of carbonyl (C=O) groups excluding carboxylic acids is 3. The summed E-state index contributed by atoms with van der Waals surface area (Å²) >= 11 is 6.13. The first-order valence-electron chi connectivity index (χ1n) is 11.7. The number of aromatic nitrogens is 1. The van der Waals surface area contributed by atoms with Gasteiger partial charge in [0.15, 0.2) is 0 Å². The Bertz CT molecular complexity index is 1270. The number of benzene rings is 2. The number of nitrogens with zero attached hydrogens (tertiary/aromatic N) is 3. The van der Waals surface area contributed by atoms with Gasteiger partial charge in [-0.2, -0.15) is 0 Å². The van der Waals surface area contributed by atoms with E-state index in [1.54, 1.807) is 55.7 Å².